The Labute approximate surface area is 61.4 Å². The van der Waals surface area contributed by atoms with E-state index in [1.54, 1.807) is 0 Å². The monoisotopic (exact) mass is 138 g/mol. The van der Waals surface area contributed by atoms with E-state index in [0.717, 1.165) is 30.1 Å². The van der Waals surface area contributed by atoms with Gasteiger partial charge in [-0.3, -0.25) is 0 Å². The summed E-state index contributed by atoms with van der Waals surface area (Å²) in [5, 5.41) is 9.60. The van der Waals surface area contributed by atoms with Crippen LogP contribution in [0.4, 0.5) is 0 Å². The maximum absolute atomic E-state index is 9.60. The van der Waals surface area contributed by atoms with Gasteiger partial charge in [0.15, 0.2) is 0 Å². The van der Waals surface area contributed by atoms with Gasteiger partial charge in [0.25, 0.3) is 0 Å². The fraction of sp³-hybridized carbons (Fsp3) is 1.00. The van der Waals surface area contributed by atoms with E-state index in [2.05, 4.69) is 0 Å². The van der Waals surface area contributed by atoms with E-state index in [1.165, 1.54) is 19.3 Å². The van der Waals surface area contributed by atoms with Gasteiger partial charge in [-0.1, -0.05) is 0 Å². The Balaban J connectivity index is 1.79. The van der Waals surface area contributed by atoms with Crippen molar-refractivity contribution in [1.82, 2.24) is 0 Å². The predicted octanol–water partition coefficient (Wildman–Crippen LogP) is 1.41. The summed E-state index contributed by atoms with van der Waals surface area (Å²) in [6.45, 7) is 0. The van der Waals surface area contributed by atoms with Crippen LogP contribution in [0.25, 0.3) is 0 Å². The van der Waals surface area contributed by atoms with Crippen LogP contribution in [0.2, 0.25) is 0 Å². The molecule has 0 saturated heterocycles. The zero-order chi connectivity index (χ0) is 6.72. The lowest BCUT2D eigenvalue weighted by atomic mass is 10.1. The lowest BCUT2D eigenvalue weighted by molar-refractivity contribution is 0.133. The molecule has 0 bridgehead atoms. The van der Waals surface area contributed by atoms with Gasteiger partial charge in [-0.25, -0.2) is 0 Å². The highest BCUT2D eigenvalue weighted by molar-refractivity contribution is 5.03. The van der Waals surface area contributed by atoms with E-state index in [4.69, 9.17) is 0 Å². The van der Waals surface area contributed by atoms with Crippen LogP contribution in [0.1, 0.15) is 25.7 Å². The lowest BCUT2D eigenvalue weighted by Gasteiger charge is -2.05. The highest BCUT2D eigenvalue weighted by Gasteiger charge is 2.53. The van der Waals surface area contributed by atoms with Crippen LogP contribution in [0.5, 0.6) is 0 Å². The minimum Gasteiger partial charge on any atom is -0.393 e. The van der Waals surface area contributed by atoms with E-state index in [1.807, 2.05) is 0 Å². The standard InChI is InChI=1S/C9H14O/c10-9-4-6-1-5(6)2-7-3-8(7)9/h5-10H,1-4H2/t5-,6+,7-,8-,9+/m1/s1. The van der Waals surface area contributed by atoms with Gasteiger partial charge in [0.2, 0.25) is 0 Å². The molecule has 1 N–H and O–H groups in total. The second kappa shape index (κ2) is 1.58. The first-order valence-corrected chi connectivity index (χ1v) is 4.52. The van der Waals surface area contributed by atoms with Crippen molar-refractivity contribution in [2.45, 2.75) is 31.8 Å². The summed E-state index contributed by atoms with van der Waals surface area (Å²) < 4.78 is 0. The molecular weight excluding hydrogens is 124 g/mol. The molecule has 0 aromatic carbocycles. The van der Waals surface area contributed by atoms with Gasteiger partial charge in [0, 0.05) is 0 Å². The van der Waals surface area contributed by atoms with Crippen molar-refractivity contribution in [3.05, 3.63) is 0 Å². The molecule has 0 aromatic rings. The minimum atomic E-state index is 0.0856. The molecule has 3 fully saturated rings. The largest absolute Gasteiger partial charge is 0.393 e. The fourth-order valence-electron chi connectivity index (χ4n) is 2.77. The topological polar surface area (TPSA) is 20.2 Å². The molecule has 0 radical (unpaired) electrons. The van der Waals surface area contributed by atoms with Crippen molar-refractivity contribution in [1.29, 1.82) is 0 Å². The molecule has 3 saturated carbocycles. The third-order valence-electron chi connectivity index (χ3n) is 3.69. The normalized spacial score (nSPS) is 63.9. The molecule has 3 aliphatic carbocycles. The fourth-order valence-corrected chi connectivity index (χ4v) is 2.77. The van der Waals surface area contributed by atoms with Gasteiger partial charge in [-0.15, -0.1) is 0 Å². The van der Waals surface area contributed by atoms with Crippen LogP contribution in [0, 0.1) is 23.7 Å². The number of rotatable bonds is 0. The van der Waals surface area contributed by atoms with E-state index in [-0.39, 0.29) is 6.10 Å². The highest BCUT2D eigenvalue weighted by atomic mass is 16.3. The molecule has 0 heterocycles. The van der Waals surface area contributed by atoms with Crippen LogP contribution in [0.3, 0.4) is 0 Å². The Kier molecular flexibility index (Phi) is 0.883. The zero-order valence-electron chi connectivity index (χ0n) is 6.16. The summed E-state index contributed by atoms with van der Waals surface area (Å²) in [5.74, 6) is 3.63. The second-order valence-corrected chi connectivity index (χ2v) is 4.45. The average Bonchev–Trinajstić information content (AvgIpc) is 2.66. The van der Waals surface area contributed by atoms with Crippen molar-refractivity contribution in [2.24, 2.45) is 23.7 Å². The molecule has 1 nitrogen and oxygen atoms in total. The van der Waals surface area contributed by atoms with Crippen molar-refractivity contribution in [3.8, 4) is 0 Å². The third kappa shape index (κ3) is 0.672. The van der Waals surface area contributed by atoms with Gasteiger partial charge in [0.05, 0.1) is 6.10 Å². The molecule has 3 aliphatic rings. The highest BCUT2D eigenvalue weighted by Crippen LogP contribution is 2.59. The smallest absolute Gasteiger partial charge is 0.0573 e. The predicted molar refractivity (Wildman–Crippen MR) is 38.4 cm³/mol. The SMILES string of the molecule is O[C@H]1C[C@@H]2C[C@@H]2C[C@@H]2C[C@H]21. The van der Waals surface area contributed by atoms with Gasteiger partial charge in [0.1, 0.15) is 0 Å². The number of hydrogen-bond donors (Lipinski definition) is 1. The summed E-state index contributed by atoms with van der Waals surface area (Å²) in [7, 11) is 0. The summed E-state index contributed by atoms with van der Waals surface area (Å²) in [5.41, 5.74) is 0. The van der Waals surface area contributed by atoms with Crippen LogP contribution in [-0.4, -0.2) is 11.2 Å². The van der Waals surface area contributed by atoms with Crippen LogP contribution >= 0.6 is 0 Å². The van der Waals surface area contributed by atoms with Crippen molar-refractivity contribution >= 4 is 0 Å². The third-order valence-corrected chi connectivity index (χ3v) is 3.69. The van der Waals surface area contributed by atoms with Gasteiger partial charge in [-0.2, -0.15) is 0 Å². The lowest BCUT2D eigenvalue weighted by Crippen LogP contribution is -2.09. The summed E-state index contributed by atoms with van der Waals surface area (Å²) >= 11 is 0. The van der Waals surface area contributed by atoms with Crippen LogP contribution in [-0.2, 0) is 0 Å². The Morgan fingerprint density at radius 2 is 1.50 bits per heavy atom. The van der Waals surface area contributed by atoms with Crippen LogP contribution in [0.15, 0.2) is 0 Å². The first-order chi connectivity index (χ1) is 4.84. The summed E-state index contributed by atoms with van der Waals surface area (Å²) in [6, 6.07) is 0. The molecule has 0 spiro atoms. The molecular formula is C9H14O. The Hall–Kier alpha value is -0.0400. The average molecular weight is 138 g/mol. The molecule has 56 valence electrons. The molecule has 3 rings (SSSR count). The van der Waals surface area contributed by atoms with Crippen molar-refractivity contribution in [3.63, 3.8) is 0 Å². The maximum Gasteiger partial charge on any atom is 0.0573 e. The van der Waals surface area contributed by atoms with E-state index in [9.17, 15) is 5.11 Å². The van der Waals surface area contributed by atoms with E-state index < -0.39 is 0 Å². The van der Waals surface area contributed by atoms with Crippen molar-refractivity contribution < 1.29 is 5.11 Å². The molecule has 1 heteroatoms. The summed E-state index contributed by atoms with van der Waals surface area (Å²) in [6.07, 6.45) is 5.44. The summed E-state index contributed by atoms with van der Waals surface area (Å²) in [4.78, 5) is 0. The molecule has 10 heavy (non-hydrogen) atoms. The zero-order valence-corrected chi connectivity index (χ0v) is 6.16. The number of aliphatic hydroxyl groups is 1. The van der Waals surface area contributed by atoms with E-state index >= 15 is 0 Å². The van der Waals surface area contributed by atoms with Crippen LogP contribution < -0.4 is 0 Å². The number of aliphatic hydroxyl groups excluding tert-OH is 1. The quantitative estimate of drug-likeness (QED) is 0.536. The molecule has 0 unspecified atom stereocenters. The number of fused-ring (bicyclic) bond motifs is 2. The number of hydrogen-bond acceptors (Lipinski definition) is 1. The first-order valence-electron chi connectivity index (χ1n) is 4.52. The minimum absolute atomic E-state index is 0.0856. The molecule has 5 atom stereocenters. The molecule has 0 aliphatic heterocycles. The van der Waals surface area contributed by atoms with Gasteiger partial charge in [-0.05, 0) is 49.4 Å². The Morgan fingerprint density at radius 1 is 0.800 bits per heavy atom. The second-order valence-electron chi connectivity index (χ2n) is 4.45. The van der Waals surface area contributed by atoms with Gasteiger partial charge < -0.3 is 5.11 Å². The Morgan fingerprint density at radius 3 is 2.40 bits per heavy atom. The maximum atomic E-state index is 9.60. The van der Waals surface area contributed by atoms with E-state index in [0.29, 0.717) is 0 Å². The Bertz CT molecular complexity index is 164. The van der Waals surface area contributed by atoms with Crippen molar-refractivity contribution in [2.75, 3.05) is 0 Å². The van der Waals surface area contributed by atoms with Gasteiger partial charge >= 0.3 is 0 Å². The molecule has 0 amide bonds. The first kappa shape index (κ1) is 5.59. The molecule has 0 aromatic heterocycles.